The predicted molar refractivity (Wildman–Crippen MR) is 116 cm³/mol. The Morgan fingerprint density at radius 3 is 2.68 bits per heavy atom. The summed E-state index contributed by atoms with van der Waals surface area (Å²) in [7, 11) is 0. The van der Waals surface area contributed by atoms with E-state index < -0.39 is 0 Å². The first-order chi connectivity index (χ1) is 12.7. The minimum absolute atomic E-state index is 0. The van der Waals surface area contributed by atoms with Crippen LogP contribution in [0.3, 0.4) is 0 Å². The second-order valence-corrected chi connectivity index (χ2v) is 5.93. The molecule has 2 heterocycles. The van der Waals surface area contributed by atoms with E-state index in [2.05, 4.69) is 25.3 Å². The molecule has 2 aromatic carbocycles. The van der Waals surface area contributed by atoms with Crippen LogP contribution in [0.2, 0.25) is 0 Å². The van der Waals surface area contributed by atoms with Gasteiger partial charge in [-0.05, 0) is 29.0 Å². The molecule has 0 bridgehead atoms. The first-order valence-corrected chi connectivity index (χ1v) is 8.25. The minimum atomic E-state index is -0.106. The molecule has 1 atom stereocenters. The van der Waals surface area contributed by atoms with Gasteiger partial charge in [-0.3, -0.25) is 0 Å². The normalized spacial score (nSPS) is 13.1. The number of fused-ring (bicyclic) bond motifs is 1. The largest absolute Gasteiger partial charge is 0.492 e. The number of nitrogens with zero attached hydrogens (tertiary/aromatic N) is 3. The Bertz CT molecular complexity index is 1080. The van der Waals surface area contributed by atoms with Gasteiger partial charge in [0.15, 0.2) is 0 Å². The van der Waals surface area contributed by atoms with Crippen molar-refractivity contribution in [3.05, 3.63) is 70.4 Å². The van der Waals surface area contributed by atoms with Gasteiger partial charge in [0, 0.05) is 6.54 Å². The number of rotatable bonds is 5. The molecule has 0 saturated carbocycles. The van der Waals surface area contributed by atoms with Gasteiger partial charge < -0.3 is 21.1 Å². The zero-order chi connectivity index (χ0) is 17.9. The maximum Gasteiger partial charge on any atom is 0.238 e. The Hall–Kier alpha value is -2.87. The van der Waals surface area contributed by atoms with Gasteiger partial charge in [0.1, 0.15) is 12.0 Å². The molecular formula is C19H20Cl2N6O. The Kier molecular flexibility index (Phi) is 7.17. The van der Waals surface area contributed by atoms with Gasteiger partial charge in [-0.15, -0.1) is 24.8 Å². The molecule has 0 fully saturated rings. The van der Waals surface area contributed by atoms with Gasteiger partial charge in [0.05, 0.1) is 17.1 Å². The number of nitrogens with two attached hydrogens (primary N) is 1. The third-order valence-corrected chi connectivity index (χ3v) is 4.16. The number of aromatic hydroxyl groups is 1. The van der Waals surface area contributed by atoms with Crippen LogP contribution in [0, 0.1) is 0 Å². The molecule has 0 saturated heterocycles. The quantitative estimate of drug-likeness (QED) is 0.508. The molecule has 5 N–H and O–H groups in total. The van der Waals surface area contributed by atoms with Gasteiger partial charge in [-0.1, -0.05) is 36.4 Å². The summed E-state index contributed by atoms with van der Waals surface area (Å²) < 4.78 is 0. The summed E-state index contributed by atoms with van der Waals surface area (Å²) in [4.78, 5) is 15.6. The number of imidazole rings is 1. The van der Waals surface area contributed by atoms with Gasteiger partial charge in [-0.2, -0.15) is 4.98 Å². The molecular weight excluding hydrogens is 399 g/mol. The van der Waals surface area contributed by atoms with Crippen molar-refractivity contribution < 1.29 is 5.11 Å². The smallest absolute Gasteiger partial charge is 0.238 e. The van der Waals surface area contributed by atoms with Crippen molar-refractivity contribution in [2.75, 3.05) is 11.9 Å². The van der Waals surface area contributed by atoms with Crippen molar-refractivity contribution in [1.82, 2.24) is 9.97 Å². The lowest BCUT2D eigenvalue weighted by Crippen LogP contribution is -2.21. The molecule has 1 unspecified atom stereocenters. The van der Waals surface area contributed by atoms with Crippen LogP contribution in [0.1, 0.15) is 17.3 Å². The van der Waals surface area contributed by atoms with Crippen LogP contribution < -0.4 is 21.6 Å². The number of nitrogens with one attached hydrogen (secondary N) is 2. The monoisotopic (exact) mass is 418 g/mol. The lowest BCUT2D eigenvalue weighted by molar-refractivity contribution is 0.455. The molecule has 0 amide bonds. The SMILES string of the molecule is Cl.Cl.NCC(Nc1nc(O)c(C=c2ccc3c(c2)N=CN=3)[nH]1)c1ccccc1. The number of aliphatic imine (C=N–C) groups is 1. The van der Waals surface area contributed by atoms with Crippen LogP contribution in [0.5, 0.6) is 5.88 Å². The lowest BCUT2D eigenvalue weighted by Gasteiger charge is -2.16. The topological polar surface area (TPSA) is 112 Å². The first kappa shape index (κ1) is 21.4. The zero-order valence-electron chi connectivity index (χ0n) is 14.7. The van der Waals surface area contributed by atoms with Crippen molar-refractivity contribution in [3.63, 3.8) is 0 Å². The number of H-pyrrole nitrogens is 1. The van der Waals surface area contributed by atoms with E-state index in [4.69, 9.17) is 5.73 Å². The molecule has 146 valence electrons. The average molecular weight is 419 g/mol. The fraction of sp³-hybridized carbons (Fsp3) is 0.105. The second kappa shape index (κ2) is 9.36. The molecule has 1 aliphatic rings. The molecule has 1 aromatic heterocycles. The average Bonchev–Trinajstić information content (AvgIpc) is 3.26. The van der Waals surface area contributed by atoms with E-state index in [9.17, 15) is 5.11 Å². The molecule has 28 heavy (non-hydrogen) atoms. The minimum Gasteiger partial charge on any atom is -0.492 e. The van der Waals surface area contributed by atoms with Gasteiger partial charge in [-0.25, -0.2) is 9.98 Å². The summed E-state index contributed by atoms with van der Waals surface area (Å²) in [6, 6.07) is 15.5. The van der Waals surface area contributed by atoms with Crippen molar-refractivity contribution in [2.24, 2.45) is 15.7 Å². The maximum absolute atomic E-state index is 10.1. The van der Waals surface area contributed by atoms with Crippen molar-refractivity contribution in [2.45, 2.75) is 6.04 Å². The van der Waals surface area contributed by atoms with E-state index in [0.29, 0.717) is 18.2 Å². The highest BCUT2D eigenvalue weighted by Crippen LogP contribution is 2.21. The fourth-order valence-electron chi connectivity index (χ4n) is 2.84. The fourth-order valence-corrected chi connectivity index (χ4v) is 2.84. The third kappa shape index (κ3) is 4.51. The molecule has 9 heteroatoms. The molecule has 0 radical (unpaired) electrons. The summed E-state index contributed by atoms with van der Waals surface area (Å²) >= 11 is 0. The van der Waals surface area contributed by atoms with E-state index in [1.165, 1.54) is 6.34 Å². The molecule has 1 aliphatic heterocycles. The van der Waals surface area contributed by atoms with Crippen molar-refractivity contribution in [1.29, 1.82) is 0 Å². The molecule has 0 aliphatic carbocycles. The highest BCUT2D eigenvalue weighted by Gasteiger charge is 2.13. The van der Waals surface area contributed by atoms with Gasteiger partial charge in [0.25, 0.3) is 0 Å². The molecule has 4 rings (SSSR count). The Labute approximate surface area is 174 Å². The summed E-state index contributed by atoms with van der Waals surface area (Å²) in [6.07, 6.45) is 3.34. The molecule has 7 nitrogen and oxygen atoms in total. The number of hydrogen-bond donors (Lipinski definition) is 4. The van der Waals surface area contributed by atoms with Crippen LogP contribution in [0.4, 0.5) is 11.6 Å². The maximum atomic E-state index is 10.1. The first-order valence-electron chi connectivity index (χ1n) is 8.25. The number of benzene rings is 2. The van der Waals surface area contributed by atoms with Crippen LogP contribution >= 0.6 is 24.8 Å². The van der Waals surface area contributed by atoms with E-state index in [1.54, 1.807) is 0 Å². The van der Waals surface area contributed by atoms with Crippen LogP contribution in [0.15, 0.2) is 58.5 Å². The zero-order valence-corrected chi connectivity index (χ0v) is 16.4. The van der Waals surface area contributed by atoms with Crippen LogP contribution in [-0.4, -0.2) is 28.0 Å². The lowest BCUT2D eigenvalue weighted by atomic mass is 10.1. The number of anilines is 1. The summed E-state index contributed by atoms with van der Waals surface area (Å²) in [5.41, 5.74) is 8.25. The van der Waals surface area contributed by atoms with Crippen LogP contribution in [-0.2, 0) is 0 Å². The van der Waals surface area contributed by atoms with Gasteiger partial charge >= 0.3 is 0 Å². The number of aromatic amines is 1. The van der Waals surface area contributed by atoms with Crippen molar-refractivity contribution >= 4 is 48.9 Å². The Morgan fingerprint density at radius 1 is 1.14 bits per heavy atom. The second-order valence-electron chi connectivity index (χ2n) is 5.93. The van der Waals surface area contributed by atoms with Gasteiger partial charge in [0.2, 0.25) is 11.8 Å². The van der Waals surface area contributed by atoms with E-state index in [1.807, 2.05) is 54.6 Å². The van der Waals surface area contributed by atoms with Crippen molar-refractivity contribution in [3.8, 4) is 5.88 Å². The highest BCUT2D eigenvalue weighted by molar-refractivity contribution is 5.85. The van der Waals surface area contributed by atoms with E-state index in [0.717, 1.165) is 21.8 Å². The summed E-state index contributed by atoms with van der Waals surface area (Å²) in [5, 5.41) is 15.1. The number of aromatic nitrogens is 2. The molecule has 3 aromatic rings. The van der Waals surface area contributed by atoms with E-state index in [-0.39, 0.29) is 36.7 Å². The van der Waals surface area contributed by atoms with Crippen LogP contribution in [0.25, 0.3) is 6.08 Å². The summed E-state index contributed by atoms with van der Waals surface area (Å²) in [6.45, 7) is 0.400. The Balaban J connectivity index is 0.00000140. The third-order valence-electron chi connectivity index (χ3n) is 4.16. The Morgan fingerprint density at radius 2 is 1.93 bits per heavy atom. The number of hydrogen-bond acceptors (Lipinski definition) is 6. The summed E-state index contributed by atoms with van der Waals surface area (Å²) in [5.74, 6) is 0.382. The highest BCUT2D eigenvalue weighted by atomic mass is 35.5. The van der Waals surface area contributed by atoms with E-state index >= 15 is 0 Å². The molecule has 0 spiro atoms. The number of halogens is 2. The standard InChI is InChI=1S/C19H18N6O.2ClH/c20-10-17(13-4-2-1-3-5-13)24-19-23-16(18(26)25-19)9-12-6-7-14-15(8-12)22-11-21-14;;/h1-9,11,17,26H,10,20H2,(H2,23,24,25);2*1H. The predicted octanol–water partition coefficient (Wildman–Crippen LogP) is 2.19.